The van der Waals surface area contributed by atoms with Gasteiger partial charge in [0.1, 0.15) is 17.5 Å². The molecule has 2 amide bonds. The molecule has 1 fully saturated rings. The number of carbonyl (C=O) groups excluding carboxylic acids is 2. The molecular weight excluding hydrogens is 462 g/mol. The van der Waals surface area contributed by atoms with Crippen LogP contribution in [0.3, 0.4) is 0 Å². The first-order valence-electron chi connectivity index (χ1n) is 11.5. The Morgan fingerprint density at radius 1 is 1.31 bits per heavy atom. The zero-order chi connectivity index (χ0) is 27.8. The number of hydrogen-bond donors (Lipinski definition) is 3. The highest BCUT2D eigenvalue weighted by atomic mass is 19.3. The Kier molecular flexibility index (Phi) is 12.2. The molecule has 1 aliphatic heterocycles. The number of amides is 2. The summed E-state index contributed by atoms with van der Waals surface area (Å²) in [7, 11) is 2.87. The zero-order valence-electron chi connectivity index (χ0n) is 22.4. The van der Waals surface area contributed by atoms with Crippen LogP contribution in [0.5, 0.6) is 0 Å². The second kappa shape index (κ2) is 13.1. The number of β-amino-alcohol motifs (C(OH)–C–C–N with tert-alkyl or cyclic N) is 1. The van der Waals surface area contributed by atoms with Crippen LogP contribution in [-0.2, 0) is 14.3 Å². The maximum absolute atomic E-state index is 13.6. The number of allylic oxidation sites excluding steroid dienone is 1. The van der Waals surface area contributed by atoms with Gasteiger partial charge in [0.05, 0.1) is 12.7 Å². The van der Waals surface area contributed by atoms with Gasteiger partial charge in [-0.3, -0.25) is 9.59 Å². The first-order chi connectivity index (χ1) is 15.9. The molecule has 1 heterocycles. The summed E-state index contributed by atoms with van der Waals surface area (Å²) in [5, 5.41) is 29.3. The second-order valence-electron chi connectivity index (χ2n) is 9.53. The van der Waals surface area contributed by atoms with Crippen LogP contribution in [0.1, 0.15) is 54.9 Å². The summed E-state index contributed by atoms with van der Waals surface area (Å²) < 4.78 is 32.0. The lowest BCUT2D eigenvalue weighted by molar-refractivity contribution is -0.147. The number of ether oxygens (including phenoxy) is 1. The van der Waals surface area contributed by atoms with Crippen LogP contribution in [0.2, 0.25) is 0 Å². The van der Waals surface area contributed by atoms with Crippen molar-refractivity contribution in [1.29, 1.82) is 0 Å². The standard InChI is InChI=1S/C13H24N2O3.C11H18F2N2O2/c1-8(13(2,3)4)12(18)15-7-9(16)6-10(15)11(17)14-5;1-6-9(15-14-5)11(16,10(4,12)13)8(3)17-7-2/h8-10,16H,6-7H2,1-5H3,(H,14,17);6,16H,3,7H2,1-2,4-5H3/b;9-6-,15-14?. The highest BCUT2D eigenvalue weighted by Gasteiger charge is 2.55. The fourth-order valence-electron chi connectivity index (χ4n) is 3.43. The molecule has 0 radical (unpaired) electrons. The average molecular weight is 505 g/mol. The van der Waals surface area contributed by atoms with Crippen LogP contribution in [0.25, 0.3) is 0 Å². The molecule has 0 bridgehead atoms. The Labute approximate surface area is 207 Å². The van der Waals surface area contributed by atoms with E-state index in [1.807, 2.05) is 27.7 Å². The zero-order valence-corrected chi connectivity index (χ0v) is 22.4. The summed E-state index contributed by atoms with van der Waals surface area (Å²) >= 11 is 0. The highest BCUT2D eigenvalue weighted by molar-refractivity contribution is 5.89. The van der Waals surface area contributed by atoms with Crippen LogP contribution < -0.4 is 5.32 Å². The molecule has 35 heavy (non-hydrogen) atoms. The largest absolute Gasteiger partial charge is 0.495 e. The maximum atomic E-state index is 13.6. The molecule has 202 valence electrons. The number of likely N-dealkylation sites (N-methyl/N-ethyl adjacent to an activating group) is 1. The van der Waals surface area contributed by atoms with E-state index in [0.717, 1.165) is 0 Å². The lowest BCUT2D eigenvalue weighted by Crippen LogP contribution is -2.49. The number of alkyl halides is 2. The fourth-order valence-corrected chi connectivity index (χ4v) is 3.43. The summed E-state index contributed by atoms with van der Waals surface area (Å²) in [5.74, 6) is -4.40. The van der Waals surface area contributed by atoms with Crippen LogP contribution in [0.4, 0.5) is 8.78 Å². The molecule has 9 nitrogen and oxygen atoms in total. The molecule has 4 unspecified atom stereocenters. The van der Waals surface area contributed by atoms with Crippen LogP contribution in [0.15, 0.2) is 34.3 Å². The van der Waals surface area contributed by atoms with Crippen LogP contribution in [0, 0.1) is 11.3 Å². The number of hydrogen-bond acceptors (Lipinski definition) is 7. The van der Waals surface area contributed by atoms with Crippen molar-refractivity contribution in [3.05, 3.63) is 24.1 Å². The van der Waals surface area contributed by atoms with Crippen molar-refractivity contribution in [2.24, 2.45) is 21.6 Å². The first kappa shape index (κ1) is 32.6. The summed E-state index contributed by atoms with van der Waals surface area (Å²) in [6.45, 7) is 15.2. The molecular formula is C24H42F2N4O5. The molecule has 11 heteroatoms. The van der Waals surface area contributed by atoms with Crippen molar-refractivity contribution in [3.8, 4) is 0 Å². The third-order valence-corrected chi connectivity index (χ3v) is 5.99. The van der Waals surface area contributed by atoms with Crippen LogP contribution in [-0.4, -0.2) is 77.8 Å². The molecule has 0 aromatic rings. The number of aliphatic hydroxyl groups is 2. The van der Waals surface area contributed by atoms with Gasteiger partial charge in [0.15, 0.2) is 0 Å². The Morgan fingerprint density at radius 2 is 1.86 bits per heavy atom. The molecule has 0 saturated carbocycles. The number of nitrogens with one attached hydrogen (secondary N) is 1. The van der Waals surface area contributed by atoms with E-state index >= 15 is 0 Å². The Balaban J connectivity index is 0.000000662. The van der Waals surface area contributed by atoms with Gasteiger partial charge in [0, 0.05) is 39.9 Å². The van der Waals surface area contributed by atoms with Crippen molar-refractivity contribution in [2.75, 3.05) is 27.2 Å². The monoisotopic (exact) mass is 504 g/mol. The van der Waals surface area contributed by atoms with Gasteiger partial charge in [-0.2, -0.15) is 10.2 Å². The van der Waals surface area contributed by atoms with Crippen molar-refractivity contribution in [3.63, 3.8) is 0 Å². The smallest absolute Gasteiger partial charge is 0.286 e. The number of rotatable bonds is 8. The van der Waals surface area contributed by atoms with Gasteiger partial charge in [0.2, 0.25) is 17.4 Å². The molecule has 0 aromatic heterocycles. The molecule has 1 rings (SSSR count). The molecule has 1 saturated heterocycles. The Bertz CT molecular complexity index is 805. The normalized spacial score (nSPS) is 21.6. The van der Waals surface area contributed by atoms with Gasteiger partial charge >= 0.3 is 0 Å². The van der Waals surface area contributed by atoms with E-state index in [1.165, 1.54) is 24.9 Å². The predicted octanol–water partition coefficient (Wildman–Crippen LogP) is 3.29. The molecule has 0 spiro atoms. The van der Waals surface area contributed by atoms with E-state index in [4.69, 9.17) is 4.74 Å². The summed E-state index contributed by atoms with van der Waals surface area (Å²) in [6.07, 6.45) is 0.958. The summed E-state index contributed by atoms with van der Waals surface area (Å²) in [5.41, 5.74) is -3.14. The highest BCUT2D eigenvalue weighted by Crippen LogP contribution is 2.40. The molecule has 3 N–H and O–H groups in total. The maximum Gasteiger partial charge on any atom is 0.286 e. The number of aliphatic hydroxyl groups excluding tert-OH is 1. The topological polar surface area (TPSA) is 124 Å². The number of azo groups is 1. The molecule has 1 aliphatic rings. The second-order valence-corrected chi connectivity index (χ2v) is 9.53. The minimum absolute atomic E-state index is 0.0624. The SMILES string of the molecule is C=C(OCC)C(O)(/C(=C/C)N=NC)C(C)(F)F.CNC(=O)C1CC(O)CN1C(=O)C(C)C(C)(C)C. The quantitative estimate of drug-likeness (QED) is 0.346. The van der Waals surface area contributed by atoms with Crippen molar-refractivity contribution < 1.29 is 33.3 Å². The predicted molar refractivity (Wildman–Crippen MR) is 130 cm³/mol. The van der Waals surface area contributed by atoms with Crippen LogP contribution >= 0.6 is 0 Å². The Hall–Kier alpha value is -2.40. The van der Waals surface area contributed by atoms with E-state index in [1.54, 1.807) is 14.0 Å². The van der Waals surface area contributed by atoms with Gasteiger partial charge in [-0.15, -0.1) is 0 Å². The minimum atomic E-state index is -3.49. The van der Waals surface area contributed by atoms with Gasteiger partial charge in [-0.25, -0.2) is 8.78 Å². The third kappa shape index (κ3) is 8.06. The van der Waals surface area contributed by atoms with E-state index < -0.39 is 29.4 Å². The van der Waals surface area contributed by atoms with Crippen molar-refractivity contribution in [1.82, 2.24) is 10.2 Å². The molecule has 0 aliphatic carbocycles. The fraction of sp³-hybridized carbons (Fsp3) is 0.750. The summed E-state index contributed by atoms with van der Waals surface area (Å²) in [4.78, 5) is 25.6. The third-order valence-electron chi connectivity index (χ3n) is 5.99. The first-order valence-corrected chi connectivity index (χ1v) is 11.5. The van der Waals surface area contributed by atoms with E-state index in [9.17, 15) is 28.6 Å². The molecule has 4 atom stereocenters. The number of nitrogens with zero attached hydrogens (tertiary/aromatic N) is 3. The van der Waals surface area contributed by atoms with Crippen molar-refractivity contribution >= 4 is 11.8 Å². The van der Waals surface area contributed by atoms with Gasteiger partial charge in [0.25, 0.3) is 5.92 Å². The average Bonchev–Trinajstić information content (AvgIpc) is 3.16. The van der Waals surface area contributed by atoms with E-state index in [2.05, 4.69) is 22.1 Å². The molecule has 0 aromatic carbocycles. The van der Waals surface area contributed by atoms with Gasteiger partial charge in [-0.05, 0) is 19.3 Å². The van der Waals surface area contributed by atoms with Gasteiger partial charge < -0.3 is 25.2 Å². The number of likely N-dealkylation sites (tertiary alicyclic amines) is 1. The summed E-state index contributed by atoms with van der Waals surface area (Å²) in [6, 6.07) is -0.540. The van der Waals surface area contributed by atoms with Gasteiger partial charge in [-0.1, -0.05) is 40.3 Å². The lowest BCUT2D eigenvalue weighted by Gasteiger charge is -2.34. The lowest BCUT2D eigenvalue weighted by atomic mass is 9.81. The van der Waals surface area contributed by atoms with Crippen molar-refractivity contribution in [2.45, 2.75) is 78.6 Å². The van der Waals surface area contributed by atoms with E-state index in [-0.39, 0.29) is 42.0 Å². The van der Waals surface area contributed by atoms with E-state index in [0.29, 0.717) is 13.3 Å². The number of halogens is 2. The minimum Gasteiger partial charge on any atom is -0.495 e. The number of carbonyl (C=O) groups is 2. The Morgan fingerprint density at radius 3 is 2.23 bits per heavy atom.